The number of aliphatic hydroxyl groups excluding tert-OH is 1. The molecule has 0 radical (unpaired) electrons. The Balaban J connectivity index is 2.13. The third-order valence-corrected chi connectivity index (χ3v) is 2.73. The zero-order chi connectivity index (χ0) is 11.0. The Morgan fingerprint density at radius 2 is 2.13 bits per heavy atom. The van der Waals surface area contributed by atoms with Gasteiger partial charge in [0.1, 0.15) is 0 Å². The van der Waals surface area contributed by atoms with Gasteiger partial charge in [0.15, 0.2) is 5.82 Å². The molecule has 15 heavy (non-hydrogen) atoms. The molecule has 2 rings (SSSR count). The maximum absolute atomic E-state index is 9.14. The molecule has 0 amide bonds. The highest BCUT2D eigenvalue weighted by molar-refractivity contribution is 6.28. The van der Waals surface area contributed by atoms with Crippen LogP contribution in [0.4, 0.5) is 11.5 Å². The number of nitrogen functional groups attached to an aromatic ring is 1. The largest absolute Gasteiger partial charge is 0.394 e. The average molecular weight is 229 g/mol. The van der Waals surface area contributed by atoms with Crippen molar-refractivity contribution in [2.45, 2.75) is 31.9 Å². The molecule has 1 aromatic rings. The third kappa shape index (κ3) is 2.13. The van der Waals surface area contributed by atoms with E-state index in [0.29, 0.717) is 17.2 Å². The molecule has 0 unspecified atom stereocenters. The molecule has 0 aliphatic heterocycles. The van der Waals surface area contributed by atoms with E-state index in [9.17, 15) is 0 Å². The van der Waals surface area contributed by atoms with Gasteiger partial charge < -0.3 is 16.2 Å². The summed E-state index contributed by atoms with van der Waals surface area (Å²) < 4.78 is 0. The summed E-state index contributed by atoms with van der Waals surface area (Å²) in [6, 6.07) is 0.229. The monoisotopic (exact) mass is 228 g/mol. The van der Waals surface area contributed by atoms with Gasteiger partial charge in [-0.3, -0.25) is 0 Å². The first-order valence-electron chi connectivity index (χ1n) is 4.80. The van der Waals surface area contributed by atoms with Crippen LogP contribution < -0.4 is 11.1 Å². The van der Waals surface area contributed by atoms with Crippen LogP contribution >= 0.6 is 11.6 Å². The second-order valence-electron chi connectivity index (χ2n) is 3.81. The molecule has 0 aromatic carbocycles. The molecule has 0 atom stereocenters. The fourth-order valence-corrected chi connectivity index (χ4v) is 1.77. The summed E-state index contributed by atoms with van der Waals surface area (Å²) in [5, 5.41) is 12.5. The molecule has 0 saturated heterocycles. The number of aryl methyl sites for hydroxylation is 1. The van der Waals surface area contributed by atoms with Gasteiger partial charge in [-0.25, -0.2) is 4.98 Å². The number of hydrogen-bond acceptors (Lipinski definition) is 5. The molecular weight excluding hydrogens is 216 g/mol. The summed E-state index contributed by atoms with van der Waals surface area (Å²) in [6.45, 7) is 1.78. The van der Waals surface area contributed by atoms with Gasteiger partial charge in [0.05, 0.1) is 17.5 Å². The van der Waals surface area contributed by atoms with E-state index in [4.69, 9.17) is 22.4 Å². The van der Waals surface area contributed by atoms with E-state index >= 15 is 0 Å². The maximum atomic E-state index is 9.14. The SMILES string of the molecule is Cc1nc(Cl)nc(NC2CC(O)C2)c1N. The molecule has 1 fully saturated rings. The van der Waals surface area contributed by atoms with Crippen molar-refractivity contribution in [3.05, 3.63) is 11.0 Å². The Kier molecular flexibility index (Phi) is 2.67. The number of aliphatic hydroxyl groups is 1. The predicted molar refractivity (Wildman–Crippen MR) is 58.8 cm³/mol. The van der Waals surface area contributed by atoms with E-state index in [0.717, 1.165) is 12.8 Å². The first-order chi connectivity index (χ1) is 7.06. The van der Waals surface area contributed by atoms with E-state index in [-0.39, 0.29) is 17.4 Å². The summed E-state index contributed by atoms with van der Waals surface area (Å²) in [4.78, 5) is 7.96. The van der Waals surface area contributed by atoms with Gasteiger partial charge in [0.2, 0.25) is 5.28 Å². The van der Waals surface area contributed by atoms with Crippen LogP contribution in [0.25, 0.3) is 0 Å². The highest BCUT2D eigenvalue weighted by atomic mass is 35.5. The van der Waals surface area contributed by atoms with Gasteiger partial charge in [0.25, 0.3) is 0 Å². The molecule has 1 aromatic heterocycles. The lowest BCUT2D eigenvalue weighted by Crippen LogP contribution is -2.39. The van der Waals surface area contributed by atoms with Gasteiger partial charge in [-0.05, 0) is 31.4 Å². The fraction of sp³-hybridized carbons (Fsp3) is 0.556. The number of nitrogens with two attached hydrogens (primary N) is 1. The lowest BCUT2D eigenvalue weighted by Gasteiger charge is -2.32. The van der Waals surface area contributed by atoms with Gasteiger partial charge >= 0.3 is 0 Å². The van der Waals surface area contributed by atoms with Crippen LogP contribution in [0, 0.1) is 6.92 Å². The fourth-order valence-electron chi connectivity index (χ4n) is 1.56. The van der Waals surface area contributed by atoms with E-state index in [1.807, 2.05) is 0 Å². The molecule has 4 N–H and O–H groups in total. The minimum absolute atomic E-state index is 0.184. The Hall–Kier alpha value is -1.07. The van der Waals surface area contributed by atoms with Crippen molar-refractivity contribution in [3.8, 4) is 0 Å². The van der Waals surface area contributed by atoms with Crippen LogP contribution in [0.5, 0.6) is 0 Å². The van der Waals surface area contributed by atoms with Crippen molar-refractivity contribution in [1.29, 1.82) is 0 Å². The van der Waals surface area contributed by atoms with Crippen LogP contribution in [-0.2, 0) is 0 Å². The summed E-state index contributed by atoms with van der Waals surface area (Å²) in [5.41, 5.74) is 6.98. The second-order valence-corrected chi connectivity index (χ2v) is 4.14. The van der Waals surface area contributed by atoms with Crippen molar-refractivity contribution < 1.29 is 5.11 Å². The number of nitrogens with zero attached hydrogens (tertiary/aromatic N) is 2. The van der Waals surface area contributed by atoms with Crippen LogP contribution in [0.1, 0.15) is 18.5 Å². The van der Waals surface area contributed by atoms with E-state index in [1.54, 1.807) is 6.92 Å². The number of hydrogen-bond donors (Lipinski definition) is 3. The van der Waals surface area contributed by atoms with Gasteiger partial charge in [0, 0.05) is 6.04 Å². The van der Waals surface area contributed by atoms with Crippen LogP contribution in [0.2, 0.25) is 5.28 Å². The Bertz CT molecular complexity index is 379. The van der Waals surface area contributed by atoms with Crippen molar-refractivity contribution in [1.82, 2.24) is 9.97 Å². The first-order valence-corrected chi connectivity index (χ1v) is 5.18. The van der Waals surface area contributed by atoms with Crippen LogP contribution in [-0.4, -0.2) is 27.2 Å². The van der Waals surface area contributed by atoms with Gasteiger partial charge in [-0.15, -0.1) is 0 Å². The van der Waals surface area contributed by atoms with E-state index in [2.05, 4.69) is 15.3 Å². The molecule has 1 aliphatic rings. The topological polar surface area (TPSA) is 84.1 Å². The van der Waals surface area contributed by atoms with Crippen LogP contribution in [0.3, 0.4) is 0 Å². The molecule has 1 heterocycles. The average Bonchev–Trinajstić information content (AvgIpc) is 2.10. The quantitative estimate of drug-likeness (QED) is 0.657. The number of halogens is 1. The zero-order valence-corrected chi connectivity index (χ0v) is 9.12. The molecule has 1 saturated carbocycles. The van der Waals surface area contributed by atoms with Crippen molar-refractivity contribution >= 4 is 23.1 Å². The van der Waals surface area contributed by atoms with Gasteiger partial charge in [-0.1, -0.05) is 0 Å². The number of rotatable bonds is 2. The normalized spacial score (nSPS) is 24.7. The minimum atomic E-state index is -0.206. The smallest absolute Gasteiger partial charge is 0.224 e. The highest BCUT2D eigenvalue weighted by Gasteiger charge is 2.28. The second kappa shape index (κ2) is 3.83. The molecule has 1 aliphatic carbocycles. The summed E-state index contributed by atoms with van der Waals surface area (Å²) in [5.74, 6) is 0.560. The van der Waals surface area contributed by atoms with Gasteiger partial charge in [-0.2, -0.15) is 4.98 Å². The third-order valence-electron chi connectivity index (χ3n) is 2.56. The van der Waals surface area contributed by atoms with Crippen molar-refractivity contribution in [3.63, 3.8) is 0 Å². The predicted octanol–water partition coefficient (Wildman–Crippen LogP) is 0.956. The Labute approximate surface area is 92.7 Å². The lowest BCUT2D eigenvalue weighted by atomic mass is 9.89. The number of anilines is 2. The summed E-state index contributed by atoms with van der Waals surface area (Å²) >= 11 is 5.73. The highest BCUT2D eigenvalue weighted by Crippen LogP contribution is 2.27. The minimum Gasteiger partial charge on any atom is -0.394 e. The van der Waals surface area contributed by atoms with E-state index < -0.39 is 0 Å². The summed E-state index contributed by atoms with van der Waals surface area (Å²) in [6.07, 6.45) is 1.24. The lowest BCUT2D eigenvalue weighted by molar-refractivity contribution is 0.0835. The van der Waals surface area contributed by atoms with Crippen molar-refractivity contribution in [2.24, 2.45) is 0 Å². The molecular formula is C9H13ClN4O. The molecule has 0 spiro atoms. The molecule has 6 heteroatoms. The summed E-state index contributed by atoms with van der Waals surface area (Å²) in [7, 11) is 0. The zero-order valence-electron chi connectivity index (χ0n) is 8.37. The first kappa shape index (κ1) is 10.4. The van der Waals surface area contributed by atoms with E-state index in [1.165, 1.54) is 0 Å². The number of aromatic nitrogens is 2. The van der Waals surface area contributed by atoms with Crippen LogP contribution in [0.15, 0.2) is 0 Å². The van der Waals surface area contributed by atoms with Crippen molar-refractivity contribution in [2.75, 3.05) is 11.1 Å². The number of nitrogens with one attached hydrogen (secondary N) is 1. The molecule has 5 nitrogen and oxygen atoms in total. The standard InChI is InChI=1S/C9H13ClN4O/c1-4-7(11)8(14-9(10)12-4)13-5-2-6(15)3-5/h5-6,15H,2-3,11H2,1H3,(H,12,13,14). The Morgan fingerprint density at radius 3 is 2.73 bits per heavy atom. The Morgan fingerprint density at radius 1 is 1.47 bits per heavy atom. The molecule has 82 valence electrons. The maximum Gasteiger partial charge on any atom is 0.224 e. The molecule has 0 bridgehead atoms.